The van der Waals surface area contributed by atoms with Crippen LogP contribution in [0, 0.1) is 0 Å². The molecule has 1 heterocycles. The van der Waals surface area contributed by atoms with E-state index >= 15 is 0 Å². The van der Waals surface area contributed by atoms with Gasteiger partial charge in [-0.1, -0.05) is 67.3 Å². The van der Waals surface area contributed by atoms with Crippen LogP contribution in [-0.4, -0.2) is 18.0 Å². The summed E-state index contributed by atoms with van der Waals surface area (Å²) >= 11 is 0. The van der Waals surface area contributed by atoms with E-state index in [4.69, 9.17) is 0 Å². The van der Waals surface area contributed by atoms with Gasteiger partial charge < -0.3 is 4.98 Å². The summed E-state index contributed by atoms with van der Waals surface area (Å²) in [6.45, 7) is 3.71. The standard InChI is InChI=1S/C20H15NO3S/c1-2-13-7-9-14(10-8-13)15-11-12-17-16-5-3-4-6-18(16)21-19(17)20(15)25(22,23)24/h2-12,21H,1H2,(H,22,23,24). The first kappa shape index (κ1) is 15.6. The predicted octanol–water partition coefficient (Wildman–Crippen LogP) is 4.88. The Labute approximate surface area is 145 Å². The third kappa shape index (κ3) is 2.54. The van der Waals surface area contributed by atoms with Gasteiger partial charge in [-0.3, -0.25) is 4.55 Å². The molecule has 5 heteroatoms. The molecular weight excluding hydrogens is 334 g/mol. The van der Waals surface area contributed by atoms with Crippen LogP contribution in [0.3, 0.4) is 0 Å². The smallest absolute Gasteiger partial charge is 0.297 e. The highest BCUT2D eigenvalue weighted by molar-refractivity contribution is 7.86. The molecule has 0 unspecified atom stereocenters. The van der Waals surface area contributed by atoms with Gasteiger partial charge in [0.1, 0.15) is 4.90 Å². The van der Waals surface area contributed by atoms with Crippen molar-refractivity contribution >= 4 is 38.0 Å². The number of benzene rings is 3. The summed E-state index contributed by atoms with van der Waals surface area (Å²) in [4.78, 5) is 3.03. The fourth-order valence-corrected chi connectivity index (χ4v) is 4.07. The van der Waals surface area contributed by atoms with Crippen molar-refractivity contribution in [3.63, 3.8) is 0 Å². The Morgan fingerprint density at radius 2 is 1.64 bits per heavy atom. The Balaban J connectivity index is 2.10. The van der Waals surface area contributed by atoms with E-state index in [9.17, 15) is 13.0 Å². The molecule has 0 amide bonds. The van der Waals surface area contributed by atoms with E-state index in [1.807, 2.05) is 54.6 Å². The Morgan fingerprint density at radius 1 is 0.920 bits per heavy atom. The topological polar surface area (TPSA) is 70.2 Å². The van der Waals surface area contributed by atoms with Crippen LogP contribution < -0.4 is 0 Å². The maximum absolute atomic E-state index is 12.2. The fourth-order valence-electron chi connectivity index (χ4n) is 3.19. The summed E-state index contributed by atoms with van der Waals surface area (Å²) in [6, 6.07) is 18.5. The molecule has 0 aliphatic carbocycles. The molecular formula is C20H15NO3S. The third-order valence-corrected chi connectivity index (χ3v) is 5.29. The quantitative estimate of drug-likeness (QED) is 0.518. The number of aromatic amines is 1. The second-order valence-corrected chi connectivity index (χ2v) is 7.19. The lowest BCUT2D eigenvalue weighted by Gasteiger charge is -2.09. The highest BCUT2D eigenvalue weighted by Gasteiger charge is 2.22. The van der Waals surface area contributed by atoms with Crippen molar-refractivity contribution in [2.75, 3.05) is 0 Å². The van der Waals surface area contributed by atoms with E-state index < -0.39 is 10.1 Å². The zero-order chi connectivity index (χ0) is 17.6. The Morgan fingerprint density at radius 3 is 2.32 bits per heavy atom. The molecule has 0 radical (unpaired) electrons. The Kier molecular flexibility index (Phi) is 3.49. The minimum atomic E-state index is -4.42. The van der Waals surface area contributed by atoms with Crippen molar-refractivity contribution in [3.8, 4) is 11.1 Å². The molecule has 0 aliphatic heterocycles. The second kappa shape index (κ2) is 5.58. The molecule has 3 aromatic carbocycles. The first-order chi connectivity index (χ1) is 12.0. The van der Waals surface area contributed by atoms with Crippen molar-refractivity contribution in [2.45, 2.75) is 4.90 Å². The zero-order valence-corrected chi connectivity index (χ0v) is 14.0. The molecule has 25 heavy (non-hydrogen) atoms. The number of hydrogen-bond acceptors (Lipinski definition) is 2. The van der Waals surface area contributed by atoms with E-state index in [1.165, 1.54) is 0 Å². The molecule has 0 saturated heterocycles. The van der Waals surface area contributed by atoms with Crippen LogP contribution in [0.2, 0.25) is 0 Å². The van der Waals surface area contributed by atoms with Gasteiger partial charge in [0.2, 0.25) is 0 Å². The molecule has 0 spiro atoms. The van der Waals surface area contributed by atoms with E-state index in [2.05, 4.69) is 11.6 Å². The molecule has 0 atom stereocenters. The van der Waals surface area contributed by atoms with Crippen molar-refractivity contribution in [1.29, 1.82) is 0 Å². The van der Waals surface area contributed by atoms with Crippen molar-refractivity contribution < 1.29 is 13.0 Å². The number of fused-ring (bicyclic) bond motifs is 3. The van der Waals surface area contributed by atoms with E-state index in [0.29, 0.717) is 16.6 Å². The Bertz CT molecular complexity index is 1220. The SMILES string of the molecule is C=Cc1ccc(-c2ccc3c([nH]c4ccccc43)c2S(=O)(=O)O)cc1. The van der Waals surface area contributed by atoms with Crippen molar-refractivity contribution in [1.82, 2.24) is 4.98 Å². The molecule has 4 nitrogen and oxygen atoms in total. The summed E-state index contributed by atoms with van der Waals surface area (Å²) in [5, 5.41) is 1.67. The molecule has 0 aliphatic rings. The van der Waals surface area contributed by atoms with Gasteiger partial charge in [0.05, 0.1) is 5.52 Å². The monoisotopic (exact) mass is 349 g/mol. The average Bonchev–Trinajstić information content (AvgIpc) is 2.98. The average molecular weight is 349 g/mol. The first-order valence-electron chi connectivity index (χ1n) is 7.73. The van der Waals surface area contributed by atoms with Crippen molar-refractivity contribution in [3.05, 3.63) is 72.8 Å². The van der Waals surface area contributed by atoms with Gasteiger partial charge in [-0.2, -0.15) is 8.42 Å². The van der Waals surface area contributed by atoms with Crippen LogP contribution in [0.5, 0.6) is 0 Å². The van der Waals surface area contributed by atoms with Crippen LogP contribution in [0.15, 0.2) is 72.1 Å². The van der Waals surface area contributed by atoms with Crippen LogP contribution in [0.4, 0.5) is 0 Å². The molecule has 4 aromatic rings. The molecule has 2 N–H and O–H groups in total. The summed E-state index contributed by atoms with van der Waals surface area (Å²) in [6.07, 6.45) is 1.72. The van der Waals surface area contributed by atoms with Gasteiger partial charge >= 0.3 is 0 Å². The maximum atomic E-state index is 12.2. The first-order valence-corrected chi connectivity index (χ1v) is 9.17. The molecule has 124 valence electrons. The number of H-pyrrole nitrogens is 1. The summed E-state index contributed by atoms with van der Waals surface area (Å²) < 4.78 is 34.2. The highest BCUT2D eigenvalue weighted by atomic mass is 32.2. The molecule has 4 rings (SSSR count). The number of rotatable bonds is 3. The van der Waals surface area contributed by atoms with Crippen LogP contribution in [0.25, 0.3) is 39.0 Å². The lowest BCUT2D eigenvalue weighted by molar-refractivity contribution is 0.484. The summed E-state index contributed by atoms with van der Waals surface area (Å²) in [5.41, 5.74) is 3.33. The van der Waals surface area contributed by atoms with Crippen LogP contribution >= 0.6 is 0 Å². The van der Waals surface area contributed by atoms with Crippen molar-refractivity contribution in [2.24, 2.45) is 0 Å². The fraction of sp³-hybridized carbons (Fsp3) is 0. The van der Waals surface area contributed by atoms with E-state index in [1.54, 1.807) is 12.1 Å². The summed E-state index contributed by atoms with van der Waals surface area (Å²) in [7, 11) is -4.42. The molecule has 0 fully saturated rings. The van der Waals surface area contributed by atoms with E-state index in [-0.39, 0.29) is 4.90 Å². The Hall–Kier alpha value is -2.89. The summed E-state index contributed by atoms with van der Waals surface area (Å²) in [5.74, 6) is 0. The predicted molar refractivity (Wildman–Crippen MR) is 101 cm³/mol. The normalized spacial score (nSPS) is 11.9. The highest BCUT2D eigenvalue weighted by Crippen LogP contribution is 2.36. The van der Waals surface area contributed by atoms with Gasteiger partial charge in [0, 0.05) is 21.9 Å². The second-order valence-electron chi connectivity index (χ2n) is 5.84. The zero-order valence-electron chi connectivity index (χ0n) is 13.2. The van der Waals surface area contributed by atoms with Crippen LogP contribution in [0.1, 0.15) is 5.56 Å². The van der Waals surface area contributed by atoms with Gasteiger partial charge in [0.25, 0.3) is 10.1 Å². The number of hydrogen-bond donors (Lipinski definition) is 2. The number of nitrogens with one attached hydrogen (secondary N) is 1. The van der Waals surface area contributed by atoms with Gasteiger partial charge in [0.15, 0.2) is 0 Å². The van der Waals surface area contributed by atoms with Crippen LogP contribution in [-0.2, 0) is 10.1 Å². The lowest BCUT2D eigenvalue weighted by atomic mass is 10.0. The minimum absolute atomic E-state index is 0.104. The van der Waals surface area contributed by atoms with Gasteiger partial charge in [-0.25, -0.2) is 0 Å². The minimum Gasteiger partial charge on any atom is -0.353 e. The maximum Gasteiger partial charge on any atom is 0.297 e. The van der Waals surface area contributed by atoms with Gasteiger partial charge in [-0.15, -0.1) is 0 Å². The molecule has 0 saturated carbocycles. The van der Waals surface area contributed by atoms with Gasteiger partial charge in [-0.05, 0) is 17.2 Å². The number of aromatic nitrogens is 1. The lowest BCUT2D eigenvalue weighted by Crippen LogP contribution is -2.02. The number of para-hydroxylation sites is 1. The molecule has 1 aromatic heterocycles. The largest absolute Gasteiger partial charge is 0.353 e. The molecule has 0 bridgehead atoms. The van der Waals surface area contributed by atoms with E-state index in [0.717, 1.165) is 21.9 Å². The third-order valence-electron chi connectivity index (χ3n) is 4.35.